The second-order valence-corrected chi connectivity index (χ2v) is 5.55. The van der Waals surface area contributed by atoms with Crippen LogP contribution in [0.4, 0.5) is 9.18 Å². The number of aliphatic hydroxyl groups is 1. The summed E-state index contributed by atoms with van der Waals surface area (Å²) in [6, 6.07) is 5.81. The zero-order valence-electron chi connectivity index (χ0n) is 11.4. The van der Waals surface area contributed by atoms with Crippen LogP contribution < -0.4 is 0 Å². The molecule has 0 spiro atoms. The minimum Gasteiger partial charge on any atom is -0.465 e. The molecule has 5 heteroatoms. The molecule has 0 aliphatic rings. The van der Waals surface area contributed by atoms with Gasteiger partial charge in [-0.15, -0.1) is 0 Å². The zero-order valence-corrected chi connectivity index (χ0v) is 11.4. The van der Waals surface area contributed by atoms with Crippen molar-refractivity contribution in [1.82, 2.24) is 4.90 Å². The average Bonchev–Trinajstić information content (AvgIpc) is 2.27. The maximum atomic E-state index is 12.7. The number of nitrogens with zero attached hydrogens (tertiary/aromatic N) is 1. The third kappa shape index (κ3) is 4.87. The van der Waals surface area contributed by atoms with E-state index in [0.717, 1.165) is 5.56 Å². The second-order valence-electron chi connectivity index (χ2n) is 5.55. The Morgan fingerprint density at radius 2 is 1.84 bits per heavy atom. The molecule has 1 amide bonds. The highest BCUT2D eigenvalue weighted by atomic mass is 19.1. The largest absolute Gasteiger partial charge is 0.465 e. The predicted molar refractivity (Wildman–Crippen MR) is 70.6 cm³/mol. The van der Waals surface area contributed by atoms with E-state index in [1.54, 1.807) is 32.9 Å². The van der Waals surface area contributed by atoms with Crippen LogP contribution in [0.2, 0.25) is 0 Å². The van der Waals surface area contributed by atoms with Gasteiger partial charge in [0.05, 0.1) is 12.6 Å². The lowest BCUT2D eigenvalue weighted by Gasteiger charge is -2.34. The molecule has 0 saturated carbocycles. The molecule has 0 aliphatic heterocycles. The van der Waals surface area contributed by atoms with Crippen LogP contribution in [0.5, 0.6) is 0 Å². The van der Waals surface area contributed by atoms with E-state index in [2.05, 4.69) is 0 Å². The number of β-amino-alcohol motifs (C(OH)–C–C–N with tert-alkyl or cyclic N) is 1. The van der Waals surface area contributed by atoms with E-state index >= 15 is 0 Å². The van der Waals surface area contributed by atoms with Gasteiger partial charge < -0.3 is 15.1 Å². The first kappa shape index (κ1) is 15.4. The van der Waals surface area contributed by atoms with E-state index in [-0.39, 0.29) is 12.4 Å². The van der Waals surface area contributed by atoms with E-state index < -0.39 is 17.7 Å². The van der Waals surface area contributed by atoms with Crippen LogP contribution in [-0.2, 0) is 6.42 Å². The maximum absolute atomic E-state index is 12.7. The van der Waals surface area contributed by atoms with Crippen LogP contribution >= 0.6 is 0 Å². The van der Waals surface area contributed by atoms with Gasteiger partial charge in [-0.25, -0.2) is 9.18 Å². The molecule has 1 unspecified atom stereocenters. The standard InChI is InChI=1S/C14H20FNO3/c1-14(2,3)16(13(18)19)9-12(17)8-10-4-6-11(15)7-5-10/h4-7,12,17H,8-9H2,1-3H3,(H,18,19). The van der Waals surface area contributed by atoms with Crippen LogP contribution in [0, 0.1) is 5.82 Å². The van der Waals surface area contributed by atoms with Crippen LogP contribution in [0.1, 0.15) is 26.3 Å². The molecule has 0 heterocycles. The number of benzene rings is 1. The summed E-state index contributed by atoms with van der Waals surface area (Å²) < 4.78 is 12.7. The molecule has 0 saturated heterocycles. The summed E-state index contributed by atoms with van der Waals surface area (Å²) in [6.07, 6.45) is -1.59. The van der Waals surface area contributed by atoms with Crippen molar-refractivity contribution < 1.29 is 19.4 Å². The highest BCUT2D eigenvalue weighted by Gasteiger charge is 2.28. The highest BCUT2D eigenvalue weighted by Crippen LogP contribution is 2.15. The number of aliphatic hydroxyl groups excluding tert-OH is 1. The Morgan fingerprint density at radius 1 is 1.32 bits per heavy atom. The van der Waals surface area contributed by atoms with Crippen molar-refractivity contribution in [2.24, 2.45) is 0 Å². The minimum atomic E-state index is -1.06. The molecule has 0 fully saturated rings. The molecule has 0 aliphatic carbocycles. The summed E-state index contributed by atoms with van der Waals surface area (Å²) in [6.45, 7) is 5.33. The third-order valence-corrected chi connectivity index (χ3v) is 2.82. The summed E-state index contributed by atoms with van der Waals surface area (Å²) in [7, 11) is 0. The maximum Gasteiger partial charge on any atom is 0.407 e. The fraction of sp³-hybridized carbons (Fsp3) is 0.500. The van der Waals surface area contributed by atoms with Crippen molar-refractivity contribution in [2.45, 2.75) is 38.8 Å². The van der Waals surface area contributed by atoms with Gasteiger partial charge in [0.1, 0.15) is 5.82 Å². The van der Waals surface area contributed by atoms with E-state index in [0.29, 0.717) is 6.42 Å². The lowest BCUT2D eigenvalue weighted by Crippen LogP contribution is -2.48. The van der Waals surface area contributed by atoms with Gasteiger partial charge in [0.15, 0.2) is 0 Å². The predicted octanol–water partition coefficient (Wildman–Crippen LogP) is 2.51. The molecular formula is C14H20FNO3. The normalized spacial score (nSPS) is 13.1. The molecule has 2 N–H and O–H groups in total. The Bertz CT molecular complexity index is 425. The van der Waals surface area contributed by atoms with Gasteiger partial charge in [-0.3, -0.25) is 0 Å². The molecule has 106 valence electrons. The summed E-state index contributed by atoms with van der Waals surface area (Å²) in [4.78, 5) is 12.3. The molecule has 1 atom stereocenters. The number of hydrogen-bond donors (Lipinski definition) is 2. The van der Waals surface area contributed by atoms with Gasteiger partial charge in [-0.05, 0) is 38.5 Å². The Kier molecular flexibility index (Phi) is 4.89. The third-order valence-electron chi connectivity index (χ3n) is 2.82. The van der Waals surface area contributed by atoms with Gasteiger partial charge in [0, 0.05) is 12.0 Å². The highest BCUT2D eigenvalue weighted by molar-refractivity contribution is 5.66. The van der Waals surface area contributed by atoms with Gasteiger partial charge >= 0.3 is 6.09 Å². The first-order valence-corrected chi connectivity index (χ1v) is 6.13. The fourth-order valence-corrected chi connectivity index (χ4v) is 1.81. The van der Waals surface area contributed by atoms with Crippen molar-refractivity contribution in [2.75, 3.05) is 6.54 Å². The van der Waals surface area contributed by atoms with Crippen LogP contribution in [0.3, 0.4) is 0 Å². The smallest absolute Gasteiger partial charge is 0.407 e. The SMILES string of the molecule is CC(C)(C)N(CC(O)Cc1ccc(F)cc1)C(=O)O. The van der Waals surface area contributed by atoms with Gasteiger partial charge in [-0.2, -0.15) is 0 Å². The molecule has 0 radical (unpaired) electrons. The van der Waals surface area contributed by atoms with E-state index in [1.807, 2.05) is 0 Å². The van der Waals surface area contributed by atoms with Crippen molar-refractivity contribution in [3.63, 3.8) is 0 Å². The molecule has 0 aromatic heterocycles. The topological polar surface area (TPSA) is 60.8 Å². The Hall–Kier alpha value is -1.62. The molecule has 0 bridgehead atoms. The molecule has 4 nitrogen and oxygen atoms in total. The monoisotopic (exact) mass is 269 g/mol. The molecule has 1 rings (SSSR count). The average molecular weight is 269 g/mol. The molecule has 1 aromatic carbocycles. The zero-order chi connectivity index (χ0) is 14.6. The van der Waals surface area contributed by atoms with Crippen LogP contribution in [-0.4, -0.2) is 39.4 Å². The van der Waals surface area contributed by atoms with Crippen molar-refractivity contribution in [1.29, 1.82) is 0 Å². The van der Waals surface area contributed by atoms with Crippen LogP contribution in [0.15, 0.2) is 24.3 Å². The fourth-order valence-electron chi connectivity index (χ4n) is 1.81. The number of amides is 1. The van der Waals surface area contributed by atoms with Gasteiger partial charge in [0.25, 0.3) is 0 Å². The quantitative estimate of drug-likeness (QED) is 0.883. The first-order chi connectivity index (χ1) is 8.70. The molecule has 1 aromatic rings. The molecule has 19 heavy (non-hydrogen) atoms. The van der Waals surface area contributed by atoms with Gasteiger partial charge in [0.2, 0.25) is 0 Å². The Labute approximate surface area is 112 Å². The van der Waals surface area contributed by atoms with Crippen molar-refractivity contribution >= 4 is 6.09 Å². The number of carbonyl (C=O) groups is 1. The number of halogens is 1. The number of rotatable bonds is 4. The number of carboxylic acid groups (broad SMARTS) is 1. The summed E-state index contributed by atoms with van der Waals surface area (Å²) in [5.74, 6) is -0.333. The summed E-state index contributed by atoms with van der Waals surface area (Å²) in [5, 5.41) is 19.1. The number of hydrogen-bond acceptors (Lipinski definition) is 2. The lowest BCUT2D eigenvalue weighted by atomic mass is 10.0. The van der Waals surface area contributed by atoms with Crippen LogP contribution in [0.25, 0.3) is 0 Å². The summed E-state index contributed by atoms with van der Waals surface area (Å²) >= 11 is 0. The van der Waals surface area contributed by atoms with Gasteiger partial charge in [-0.1, -0.05) is 12.1 Å². The van der Waals surface area contributed by atoms with E-state index in [4.69, 9.17) is 5.11 Å². The Morgan fingerprint density at radius 3 is 2.26 bits per heavy atom. The first-order valence-electron chi connectivity index (χ1n) is 6.13. The summed E-state index contributed by atoms with van der Waals surface area (Å²) in [5.41, 5.74) is 0.198. The van der Waals surface area contributed by atoms with Crippen molar-refractivity contribution in [3.8, 4) is 0 Å². The van der Waals surface area contributed by atoms with E-state index in [9.17, 15) is 14.3 Å². The van der Waals surface area contributed by atoms with E-state index in [1.165, 1.54) is 17.0 Å². The lowest BCUT2D eigenvalue weighted by molar-refractivity contribution is 0.0560. The van der Waals surface area contributed by atoms with Crippen molar-refractivity contribution in [3.05, 3.63) is 35.6 Å². The Balaban J connectivity index is 2.65. The minimum absolute atomic E-state index is 0.0240. The molecular weight excluding hydrogens is 249 g/mol. The second kappa shape index (κ2) is 6.02.